The van der Waals surface area contributed by atoms with Crippen LogP contribution in [0.2, 0.25) is 0 Å². The van der Waals surface area contributed by atoms with Gasteiger partial charge in [0.1, 0.15) is 5.82 Å². The van der Waals surface area contributed by atoms with Gasteiger partial charge in [-0.1, -0.05) is 0 Å². The average molecular weight is 247 g/mol. The second-order valence-electron chi connectivity index (χ2n) is 3.98. The summed E-state index contributed by atoms with van der Waals surface area (Å²) in [7, 11) is 1.30. The molecule has 0 saturated heterocycles. The van der Waals surface area contributed by atoms with E-state index >= 15 is 0 Å². The van der Waals surface area contributed by atoms with E-state index < -0.39 is 11.6 Å². The van der Waals surface area contributed by atoms with E-state index in [0.29, 0.717) is 6.54 Å². The molecule has 2 nitrogen and oxygen atoms in total. The number of nitrogens with two attached hydrogens (primary N) is 1. The predicted octanol–water partition coefficient (Wildman–Crippen LogP) is 2.80. The maximum Gasteiger partial charge on any atom is 0.166 e. The van der Waals surface area contributed by atoms with Gasteiger partial charge < -0.3 is 10.5 Å². The lowest BCUT2D eigenvalue weighted by Gasteiger charge is -2.22. The first-order chi connectivity index (χ1) is 7.39. The van der Waals surface area contributed by atoms with Crippen LogP contribution in [0.25, 0.3) is 0 Å². The number of thioether (sulfide) groups is 1. The summed E-state index contributed by atoms with van der Waals surface area (Å²) in [5, 5.41) is 0. The summed E-state index contributed by atoms with van der Waals surface area (Å²) < 4.78 is 31.3. The van der Waals surface area contributed by atoms with Gasteiger partial charge in [-0.3, -0.25) is 0 Å². The second-order valence-corrected chi connectivity index (χ2v) is 5.73. The van der Waals surface area contributed by atoms with Crippen LogP contribution in [0.1, 0.15) is 13.8 Å². The first-order valence-electron chi connectivity index (χ1n) is 4.82. The van der Waals surface area contributed by atoms with Crippen LogP contribution in [0.15, 0.2) is 17.0 Å². The lowest BCUT2D eigenvalue weighted by molar-refractivity contribution is 0.380. The third kappa shape index (κ3) is 3.09. The van der Waals surface area contributed by atoms with Crippen molar-refractivity contribution in [2.75, 3.05) is 13.7 Å². The van der Waals surface area contributed by atoms with Gasteiger partial charge in [0.25, 0.3) is 0 Å². The fourth-order valence-electron chi connectivity index (χ4n) is 1.08. The fourth-order valence-corrected chi connectivity index (χ4v) is 2.08. The third-order valence-corrected chi connectivity index (χ3v) is 3.34. The minimum absolute atomic E-state index is 0.0904. The predicted molar refractivity (Wildman–Crippen MR) is 61.9 cm³/mol. The minimum Gasteiger partial charge on any atom is -0.494 e. The summed E-state index contributed by atoms with van der Waals surface area (Å²) in [6, 6.07) is 2.18. The van der Waals surface area contributed by atoms with Crippen LogP contribution >= 0.6 is 11.8 Å². The van der Waals surface area contributed by atoms with E-state index in [1.54, 1.807) is 0 Å². The number of rotatable bonds is 4. The van der Waals surface area contributed by atoms with Crippen molar-refractivity contribution in [3.63, 3.8) is 0 Å². The Bertz CT molecular complexity index is 382. The molecule has 0 aromatic heterocycles. The summed E-state index contributed by atoms with van der Waals surface area (Å²) in [5.74, 6) is -1.16. The molecule has 0 fully saturated rings. The molecule has 2 N–H and O–H groups in total. The molecular weight excluding hydrogens is 232 g/mol. The van der Waals surface area contributed by atoms with E-state index in [4.69, 9.17) is 5.73 Å². The first-order valence-corrected chi connectivity index (χ1v) is 5.63. The Kier molecular flexibility index (Phi) is 4.15. The molecule has 1 rings (SSSR count). The Balaban J connectivity index is 3.02. The lowest BCUT2D eigenvalue weighted by atomic mass is 10.2. The quantitative estimate of drug-likeness (QED) is 0.831. The molecule has 5 heteroatoms. The monoisotopic (exact) mass is 247 g/mol. The maximum absolute atomic E-state index is 13.6. The first kappa shape index (κ1) is 13.3. The number of ether oxygens (including phenoxy) is 1. The Morgan fingerprint density at radius 1 is 1.31 bits per heavy atom. The zero-order valence-electron chi connectivity index (χ0n) is 9.51. The number of methoxy groups -OCH3 is 1. The van der Waals surface area contributed by atoms with E-state index in [1.165, 1.54) is 18.9 Å². The fraction of sp³-hybridized carbons (Fsp3) is 0.455. The summed E-state index contributed by atoms with van der Waals surface area (Å²) in [4.78, 5) is 0.244. The normalized spacial score (nSPS) is 11.6. The molecule has 0 aliphatic heterocycles. The second kappa shape index (κ2) is 5.01. The summed E-state index contributed by atoms with van der Waals surface area (Å²) in [6.45, 7) is 4.13. The van der Waals surface area contributed by atoms with Gasteiger partial charge in [0.2, 0.25) is 0 Å². The van der Waals surface area contributed by atoms with Gasteiger partial charge in [-0.2, -0.15) is 0 Å². The van der Waals surface area contributed by atoms with Crippen LogP contribution in [-0.2, 0) is 0 Å². The smallest absolute Gasteiger partial charge is 0.166 e. The van der Waals surface area contributed by atoms with Crippen molar-refractivity contribution in [3.8, 4) is 5.75 Å². The van der Waals surface area contributed by atoms with Crippen molar-refractivity contribution >= 4 is 11.8 Å². The largest absolute Gasteiger partial charge is 0.494 e. The molecule has 0 spiro atoms. The van der Waals surface area contributed by atoms with Gasteiger partial charge in [-0.05, 0) is 19.9 Å². The summed E-state index contributed by atoms with van der Waals surface area (Å²) in [5.41, 5.74) is 5.54. The van der Waals surface area contributed by atoms with Gasteiger partial charge in [-0.25, -0.2) is 8.78 Å². The van der Waals surface area contributed by atoms with Crippen LogP contribution in [0.5, 0.6) is 5.75 Å². The number of hydrogen-bond donors (Lipinski definition) is 1. The highest BCUT2D eigenvalue weighted by molar-refractivity contribution is 8.00. The van der Waals surface area contributed by atoms with Crippen molar-refractivity contribution in [1.29, 1.82) is 0 Å². The van der Waals surface area contributed by atoms with Crippen LogP contribution < -0.4 is 10.5 Å². The molecule has 90 valence electrons. The molecule has 0 heterocycles. The zero-order chi connectivity index (χ0) is 12.3. The molecule has 0 unspecified atom stereocenters. The molecule has 1 aromatic carbocycles. The van der Waals surface area contributed by atoms with E-state index in [0.717, 1.165) is 12.1 Å². The molecule has 0 amide bonds. The number of halogens is 2. The van der Waals surface area contributed by atoms with Crippen molar-refractivity contribution in [2.45, 2.75) is 23.5 Å². The molecule has 0 radical (unpaired) electrons. The molecule has 16 heavy (non-hydrogen) atoms. The van der Waals surface area contributed by atoms with Crippen LogP contribution in [0, 0.1) is 11.6 Å². The van der Waals surface area contributed by atoms with E-state index in [2.05, 4.69) is 4.74 Å². The average Bonchev–Trinajstić information content (AvgIpc) is 2.22. The Morgan fingerprint density at radius 3 is 2.44 bits per heavy atom. The molecule has 0 aliphatic carbocycles. The van der Waals surface area contributed by atoms with Gasteiger partial charge >= 0.3 is 0 Å². The highest BCUT2D eigenvalue weighted by Crippen LogP contribution is 2.35. The molecule has 0 atom stereocenters. The van der Waals surface area contributed by atoms with Crippen LogP contribution in [-0.4, -0.2) is 18.4 Å². The van der Waals surface area contributed by atoms with Gasteiger partial charge in [0.15, 0.2) is 11.6 Å². The van der Waals surface area contributed by atoms with Crippen molar-refractivity contribution < 1.29 is 13.5 Å². The van der Waals surface area contributed by atoms with Crippen molar-refractivity contribution in [2.24, 2.45) is 5.73 Å². The molecule has 0 bridgehead atoms. The minimum atomic E-state index is -0.570. The van der Waals surface area contributed by atoms with E-state index in [-0.39, 0.29) is 15.4 Å². The number of hydrogen-bond acceptors (Lipinski definition) is 3. The Morgan fingerprint density at radius 2 is 1.94 bits per heavy atom. The summed E-state index contributed by atoms with van der Waals surface area (Å²) >= 11 is 1.21. The Hall–Kier alpha value is -0.810. The highest BCUT2D eigenvalue weighted by Gasteiger charge is 2.21. The maximum atomic E-state index is 13.6. The van der Waals surface area contributed by atoms with Crippen molar-refractivity contribution in [1.82, 2.24) is 0 Å². The standard InChI is InChI=1S/C11H15F2NOS/c1-11(2,6-14)16-10-5-7(12)9(15-3)4-8(10)13/h4-5H,6,14H2,1-3H3. The van der Waals surface area contributed by atoms with Gasteiger partial charge in [0, 0.05) is 22.3 Å². The van der Waals surface area contributed by atoms with Crippen LogP contribution in [0.3, 0.4) is 0 Å². The van der Waals surface area contributed by atoms with E-state index in [1.807, 2.05) is 13.8 Å². The third-order valence-electron chi connectivity index (χ3n) is 2.08. The Labute approximate surface area is 98.2 Å². The molecule has 0 saturated carbocycles. The highest BCUT2D eigenvalue weighted by atomic mass is 32.2. The molecule has 1 aromatic rings. The molecule has 0 aliphatic rings. The van der Waals surface area contributed by atoms with Gasteiger partial charge in [0.05, 0.1) is 7.11 Å². The van der Waals surface area contributed by atoms with Crippen LogP contribution in [0.4, 0.5) is 8.78 Å². The lowest BCUT2D eigenvalue weighted by Crippen LogP contribution is -2.26. The SMILES string of the molecule is COc1cc(F)c(SC(C)(C)CN)cc1F. The summed E-state index contributed by atoms with van der Waals surface area (Å²) in [6.07, 6.45) is 0. The van der Waals surface area contributed by atoms with Gasteiger partial charge in [-0.15, -0.1) is 11.8 Å². The van der Waals surface area contributed by atoms with Crippen molar-refractivity contribution in [3.05, 3.63) is 23.8 Å². The van der Waals surface area contributed by atoms with E-state index in [9.17, 15) is 8.78 Å². The topological polar surface area (TPSA) is 35.2 Å². The molecular formula is C11H15F2NOS. The zero-order valence-corrected chi connectivity index (χ0v) is 10.3. The number of benzene rings is 1.